The molecule has 8 heteroatoms. The molecule has 0 radical (unpaired) electrons. The highest BCUT2D eigenvalue weighted by molar-refractivity contribution is 5.98. The topological polar surface area (TPSA) is 121 Å². The van der Waals surface area contributed by atoms with E-state index in [1.54, 1.807) is 27.7 Å². The van der Waals surface area contributed by atoms with E-state index in [0.717, 1.165) is 0 Å². The van der Waals surface area contributed by atoms with Gasteiger partial charge in [-0.05, 0) is 40.2 Å². The molecule has 0 saturated heterocycles. The molecule has 128 valence electrons. The van der Waals surface area contributed by atoms with Crippen molar-refractivity contribution in [2.45, 2.75) is 46.8 Å². The van der Waals surface area contributed by atoms with Gasteiger partial charge in [-0.15, -0.1) is 0 Å². The van der Waals surface area contributed by atoms with Gasteiger partial charge >= 0.3 is 12.0 Å². The molecular weight excluding hydrogens is 302 g/mol. The summed E-state index contributed by atoms with van der Waals surface area (Å²) in [4.78, 5) is 38.1. The van der Waals surface area contributed by atoms with Crippen LogP contribution in [-0.2, 0) is 9.53 Å². The number of hydrogen-bond donors (Lipinski definition) is 4. The summed E-state index contributed by atoms with van der Waals surface area (Å²) < 4.78 is 5.06. The van der Waals surface area contributed by atoms with Crippen LogP contribution in [0.15, 0.2) is 0 Å². The smallest absolute Gasteiger partial charge is 0.355 e. The average Bonchev–Trinajstić information content (AvgIpc) is 2.73. The Bertz CT molecular complexity index is 606. The summed E-state index contributed by atoms with van der Waals surface area (Å²) in [6.07, 6.45) is -1.87. The van der Waals surface area contributed by atoms with Gasteiger partial charge in [0.2, 0.25) is 0 Å². The molecule has 0 bridgehead atoms. The zero-order valence-electron chi connectivity index (χ0n) is 13.9. The lowest BCUT2D eigenvalue weighted by Crippen LogP contribution is -2.44. The normalized spacial score (nSPS) is 13.1. The van der Waals surface area contributed by atoms with E-state index in [0.29, 0.717) is 23.4 Å². The number of rotatable bonds is 5. The van der Waals surface area contributed by atoms with Crippen molar-refractivity contribution >= 4 is 17.9 Å². The Morgan fingerprint density at radius 3 is 2.35 bits per heavy atom. The summed E-state index contributed by atoms with van der Waals surface area (Å²) in [5.41, 5.74) is 2.02. The van der Waals surface area contributed by atoms with Crippen molar-refractivity contribution in [2.24, 2.45) is 0 Å². The molecule has 0 aliphatic carbocycles. The van der Waals surface area contributed by atoms with Gasteiger partial charge in [0.05, 0.1) is 6.10 Å². The summed E-state index contributed by atoms with van der Waals surface area (Å²) >= 11 is 0. The fourth-order valence-corrected chi connectivity index (χ4v) is 2.29. The van der Waals surface area contributed by atoms with E-state index in [1.165, 1.54) is 6.92 Å². The number of aliphatic hydroxyl groups is 1. The number of hydrogen-bond acceptors (Lipinski definition) is 5. The molecule has 1 aromatic heterocycles. The third kappa shape index (κ3) is 4.56. The summed E-state index contributed by atoms with van der Waals surface area (Å²) in [5, 5.41) is 14.2. The number of ether oxygens (including phenoxy) is 1. The number of amides is 3. The van der Waals surface area contributed by atoms with Crippen LogP contribution in [0, 0.1) is 13.8 Å². The maximum atomic E-state index is 12.2. The third-order valence-electron chi connectivity index (χ3n) is 3.34. The molecular formula is C15H23N3O5. The maximum absolute atomic E-state index is 12.2. The van der Waals surface area contributed by atoms with Crippen LogP contribution in [0.1, 0.15) is 54.2 Å². The minimum absolute atomic E-state index is 0.177. The molecule has 1 rings (SSSR count). The van der Waals surface area contributed by atoms with Gasteiger partial charge in [-0.3, -0.25) is 10.1 Å². The Balaban J connectivity index is 2.78. The van der Waals surface area contributed by atoms with Gasteiger partial charge in [-0.25, -0.2) is 9.59 Å². The summed E-state index contributed by atoms with van der Waals surface area (Å²) in [7, 11) is 0. The fraction of sp³-hybridized carbons (Fsp3) is 0.533. The highest BCUT2D eigenvalue weighted by Crippen LogP contribution is 2.25. The van der Waals surface area contributed by atoms with E-state index in [2.05, 4.69) is 15.6 Å². The third-order valence-corrected chi connectivity index (χ3v) is 3.34. The zero-order valence-corrected chi connectivity index (χ0v) is 13.9. The first kappa shape index (κ1) is 18.7. The van der Waals surface area contributed by atoms with Gasteiger partial charge in [0, 0.05) is 17.8 Å². The number of urea groups is 1. The summed E-state index contributed by atoms with van der Waals surface area (Å²) in [6.45, 7) is 8.46. The van der Waals surface area contributed by atoms with Crippen molar-refractivity contribution in [1.29, 1.82) is 0 Å². The van der Waals surface area contributed by atoms with Gasteiger partial charge in [-0.1, -0.05) is 0 Å². The predicted octanol–water partition coefficient (Wildman–Crippen LogP) is 1.08. The van der Waals surface area contributed by atoms with Crippen LogP contribution < -0.4 is 10.6 Å². The van der Waals surface area contributed by atoms with Crippen LogP contribution in [0.25, 0.3) is 0 Å². The van der Waals surface area contributed by atoms with Crippen molar-refractivity contribution in [1.82, 2.24) is 15.6 Å². The van der Waals surface area contributed by atoms with E-state index >= 15 is 0 Å². The number of carbonyl (C=O) groups is 3. The number of aryl methyl sites for hydroxylation is 1. The van der Waals surface area contributed by atoms with Gasteiger partial charge in [0.1, 0.15) is 5.69 Å². The lowest BCUT2D eigenvalue weighted by molar-refractivity contribution is -0.127. The van der Waals surface area contributed by atoms with E-state index in [-0.39, 0.29) is 5.69 Å². The molecule has 8 nitrogen and oxygen atoms in total. The predicted molar refractivity (Wildman–Crippen MR) is 83.0 cm³/mol. The van der Waals surface area contributed by atoms with Crippen molar-refractivity contribution in [3.63, 3.8) is 0 Å². The van der Waals surface area contributed by atoms with Gasteiger partial charge in [-0.2, -0.15) is 0 Å². The second-order valence-corrected chi connectivity index (χ2v) is 5.24. The van der Waals surface area contributed by atoms with Crippen molar-refractivity contribution in [3.8, 4) is 0 Å². The molecule has 0 aliphatic rings. The fourth-order valence-electron chi connectivity index (χ4n) is 2.29. The van der Waals surface area contributed by atoms with Gasteiger partial charge in [0.15, 0.2) is 6.10 Å². The highest BCUT2D eigenvalue weighted by atomic mass is 16.5. The molecule has 1 heterocycles. The van der Waals surface area contributed by atoms with Crippen molar-refractivity contribution in [2.75, 3.05) is 6.54 Å². The van der Waals surface area contributed by atoms with Crippen LogP contribution >= 0.6 is 0 Å². The number of aromatic amines is 1. The summed E-state index contributed by atoms with van der Waals surface area (Å²) in [5.74, 6) is -1.45. The molecule has 0 spiro atoms. The molecule has 0 aromatic carbocycles. The molecule has 1 aromatic rings. The van der Waals surface area contributed by atoms with Crippen molar-refractivity contribution in [3.05, 3.63) is 22.5 Å². The van der Waals surface area contributed by atoms with E-state index in [1.807, 2.05) is 0 Å². The van der Waals surface area contributed by atoms with Crippen LogP contribution in [0.3, 0.4) is 0 Å². The second-order valence-electron chi connectivity index (χ2n) is 5.24. The Morgan fingerprint density at radius 2 is 1.87 bits per heavy atom. The van der Waals surface area contributed by atoms with Gasteiger partial charge < -0.3 is 20.1 Å². The minimum atomic E-state index is -1.14. The number of imide groups is 1. The minimum Gasteiger partial charge on any atom is -0.448 e. The Morgan fingerprint density at radius 1 is 1.26 bits per heavy atom. The lowest BCUT2D eigenvalue weighted by Gasteiger charge is -2.13. The SMILES string of the molecule is CCNC(=O)NC(=O)[C@H](C)OC(=O)c1[nH]c(C)c([C@H](C)O)c1C. The Hall–Kier alpha value is -2.35. The van der Waals surface area contributed by atoms with Crippen LogP contribution in [-0.4, -0.2) is 40.6 Å². The first-order valence-electron chi connectivity index (χ1n) is 7.35. The Kier molecular flexibility index (Phi) is 6.32. The molecule has 3 amide bonds. The molecule has 0 aliphatic heterocycles. The van der Waals surface area contributed by atoms with Crippen LogP contribution in [0.2, 0.25) is 0 Å². The number of esters is 1. The first-order valence-corrected chi connectivity index (χ1v) is 7.35. The second kappa shape index (κ2) is 7.77. The largest absolute Gasteiger partial charge is 0.448 e. The number of nitrogens with one attached hydrogen (secondary N) is 3. The van der Waals surface area contributed by atoms with E-state index < -0.39 is 30.1 Å². The summed E-state index contributed by atoms with van der Waals surface area (Å²) in [6, 6.07) is -0.649. The molecule has 2 atom stereocenters. The highest BCUT2D eigenvalue weighted by Gasteiger charge is 2.25. The number of aromatic nitrogens is 1. The molecule has 23 heavy (non-hydrogen) atoms. The molecule has 0 unspecified atom stereocenters. The molecule has 0 saturated carbocycles. The van der Waals surface area contributed by atoms with E-state index in [9.17, 15) is 19.5 Å². The number of carbonyl (C=O) groups excluding carboxylic acids is 3. The monoisotopic (exact) mass is 325 g/mol. The Labute approximate surface area is 134 Å². The van der Waals surface area contributed by atoms with Gasteiger partial charge in [0.25, 0.3) is 5.91 Å². The van der Waals surface area contributed by atoms with Crippen molar-refractivity contribution < 1.29 is 24.2 Å². The number of H-pyrrole nitrogens is 1. The van der Waals surface area contributed by atoms with E-state index in [4.69, 9.17) is 4.74 Å². The first-order chi connectivity index (χ1) is 10.7. The maximum Gasteiger partial charge on any atom is 0.355 e. The number of aliphatic hydroxyl groups excluding tert-OH is 1. The zero-order chi connectivity index (χ0) is 17.7. The van der Waals surface area contributed by atoms with Crippen LogP contribution in [0.5, 0.6) is 0 Å². The van der Waals surface area contributed by atoms with Crippen LogP contribution in [0.4, 0.5) is 4.79 Å². The molecule has 4 N–H and O–H groups in total. The average molecular weight is 325 g/mol. The molecule has 0 fully saturated rings. The quantitative estimate of drug-likeness (QED) is 0.604. The standard InChI is InChI=1S/C15H23N3O5/c1-6-16-15(22)18-13(20)10(5)23-14(21)12-7(2)11(9(4)19)8(3)17-12/h9-10,17,19H,6H2,1-5H3,(H2,16,18,20,22)/t9-,10-/m0/s1. The lowest BCUT2D eigenvalue weighted by atomic mass is 10.1.